The molecule has 0 spiro atoms. The Bertz CT molecular complexity index is 981. The molecular weight excluding hydrogens is 360 g/mol. The largest absolute Gasteiger partial charge is 0.338 e. The molecule has 0 aliphatic carbocycles. The number of sulfonamides is 1. The molecule has 6 heteroatoms. The molecule has 1 aliphatic heterocycles. The number of carbonyl (C=O) groups is 1. The van der Waals surface area contributed by atoms with Crippen molar-refractivity contribution in [2.45, 2.75) is 45.6 Å². The first-order valence-corrected chi connectivity index (χ1v) is 10.7. The Hall–Kier alpha value is -2.34. The maximum Gasteiger partial charge on any atom is 0.262 e. The quantitative estimate of drug-likeness (QED) is 0.872. The van der Waals surface area contributed by atoms with Crippen LogP contribution in [0.5, 0.6) is 0 Å². The zero-order chi connectivity index (χ0) is 19.8. The number of carbonyl (C=O) groups excluding carboxylic acids is 1. The molecule has 0 unspecified atom stereocenters. The average Bonchev–Trinajstić information content (AvgIpc) is 2.62. The molecule has 1 N–H and O–H groups in total. The number of benzene rings is 2. The molecule has 3 rings (SSSR count). The molecule has 0 fully saturated rings. The highest BCUT2D eigenvalue weighted by atomic mass is 32.2. The Labute approximate surface area is 161 Å². The second kappa shape index (κ2) is 7.35. The molecular formula is C21H26N2O3S. The van der Waals surface area contributed by atoms with Gasteiger partial charge in [-0.15, -0.1) is 0 Å². The van der Waals surface area contributed by atoms with Crippen LogP contribution in [0.3, 0.4) is 0 Å². The topological polar surface area (TPSA) is 66.5 Å². The Morgan fingerprint density at radius 1 is 1.07 bits per heavy atom. The van der Waals surface area contributed by atoms with Crippen molar-refractivity contribution >= 4 is 21.6 Å². The summed E-state index contributed by atoms with van der Waals surface area (Å²) in [7, 11) is -3.67. The van der Waals surface area contributed by atoms with E-state index in [1.54, 1.807) is 19.1 Å². The van der Waals surface area contributed by atoms with E-state index in [1.807, 2.05) is 49.9 Å². The Morgan fingerprint density at radius 3 is 2.52 bits per heavy atom. The van der Waals surface area contributed by atoms with E-state index in [0.29, 0.717) is 24.3 Å². The Balaban J connectivity index is 1.86. The van der Waals surface area contributed by atoms with Crippen molar-refractivity contribution in [1.29, 1.82) is 0 Å². The summed E-state index contributed by atoms with van der Waals surface area (Å²) < 4.78 is 28.3. The van der Waals surface area contributed by atoms with Gasteiger partial charge in [-0.25, -0.2) is 8.42 Å². The summed E-state index contributed by atoms with van der Waals surface area (Å²) in [4.78, 5) is 14.4. The summed E-state index contributed by atoms with van der Waals surface area (Å²) in [5.74, 6) is 0.0829. The summed E-state index contributed by atoms with van der Waals surface area (Å²) in [6, 6.07) is 11.0. The fraction of sp³-hybridized carbons (Fsp3) is 0.381. The molecule has 0 bridgehead atoms. The van der Waals surface area contributed by atoms with Gasteiger partial charge in [-0.3, -0.25) is 9.52 Å². The predicted molar refractivity (Wildman–Crippen MR) is 107 cm³/mol. The SMILES string of the molecule is Cc1ccc(C)c(S(=O)(=O)Nc2ccc3c(c2)CN(C(=O)C(C)C)CC3)c1. The Kier molecular flexibility index (Phi) is 5.29. The second-order valence-electron chi connectivity index (χ2n) is 7.52. The zero-order valence-corrected chi connectivity index (χ0v) is 17.1. The van der Waals surface area contributed by atoms with Crippen LogP contribution in [-0.4, -0.2) is 25.8 Å². The number of aryl methyl sites for hydroxylation is 2. The highest BCUT2D eigenvalue weighted by Crippen LogP contribution is 2.26. The average molecular weight is 387 g/mol. The fourth-order valence-corrected chi connectivity index (χ4v) is 4.76. The van der Waals surface area contributed by atoms with Crippen molar-refractivity contribution in [3.8, 4) is 0 Å². The molecule has 27 heavy (non-hydrogen) atoms. The van der Waals surface area contributed by atoms with Crippen LogP contribution >= 0.6 is 0 Å². The number of amides is 1. The number of nitrogens with zero attached hydrogens (tertiary/aromatic N) is 1. The highest BCUT2D eigenvalue weighted by Gasteiger charge is 2.23. The third-order valence-corrected chi connectivity index (χ3v) is 6.43. The molecule has 2 aromatic rings. The molecule has 144 valence electrons. The van der Waals surface area contributed by atoms with E-state index in [1.165, 1.54) is 0 Å². The van der Waals surface area contributed by atoms with E-state index >= 15 is 0 Å². The van der Waals surface area contributed by atoms with Gasteiger partial charge in [-0.05, 0) is 60.7 Å². The van der Waals surface area contributed by atoms with Gasteiger partial charge in [0.05, 0.1) is 4.90 Å². The summed E-state index contributed by atoms with van der Waals surface area (Å²) >= 11 is 0. The smallest absolute Gasteiger partial charge is 0.262 e. The lowest BCUT2D eigenvalue weighted by Crippen LogP contribution is -2.38. The maximum atomic E-state index is 12.8. The number of hydrogen-bond donors (Lipinski definition) is 1. The highest BCUT2D eigenvalue weighted by molar-refractivity contribution is 7.92. The molecule has 0 saturated carbocycles. The minimum atomic E-state index is -3.67. The first-order chi connectivity index (χ1) is 12.7. The van der Waals surface area contributed by atoms with E-state index < -0.39 is 10.0 Å². The number of fused-ring (bicyclic) bond motifs is 1. The van der Waals surface area contributed by atoms with Gasteiger partial charge in [0.2, 0.25) is 5.91 Å². The molecule has 0 atom stereocenters. The summed E-state index contributed by atoms with van der Waals surface area (Å²) in [6.07, 6.45) is 0.789. The van der Waals surface area contributed by atoms with Crippen molar-refractivity contribution < 1.29 is 13.2 Å². The van der Waals surface area contributed by atoms with Crippen molar-refractivity contribution in [2.75, 3.05) is 11.3 Å². The van der Waals surface area contributed by atoms with Crippen molar-refractivity contribution in [3.63, 3.8) is 0 Å². The van der Waals surface area contributed by atoms with Crippen LogP contribution in [0, 0.1) is 19.8 Å². The maximum absolute atomic E-state index is 12.8. The van der Waals surface area contributed by atoms with Crippen molar-refractivity contribution in [1.82, 2.24) is 4.90 Å². The van der Waals surface area contributed by atoms with Gasteiger partial charge in [0, 0.05) is 24.7 Å². The van der Waals surface area contributed by atoms with Crippen molar-refractivity contribution in [3.05, 3.63) is 58.7 Å². The summed E-state index contributed by atoms with van der Waals surface area (Å²) in [5, 5.41) is 0. The van der Waals surface area contributed by atoms with Crippen LogP contribution in [0.2, 0.25) is 0 Å². The van der Waals surface area contributed by atoms with Crippen LogP contribution in [0.1, 0.15) is 36.1 Å². The number of anilines is 1. The van der Waals surface area contributed by atoms with E-state index in [4.69, 9.17) is 0 Å². The lowest BCUT2D eigenvalue weighted by Gasteiger charge is -2.30. The molecule has 1 heterocycles. The first kappa shape index (κ1) is 19.4. The van der Waals surface area contributed by atoms with Gasteiger partial charge in [-0.2, -0.15) is 0 Å². The zero-order valence-electron chi connectivity index (χ0n) is 16.2. The van der Waals surface area contributed by atoms with Gasteiger partial charge in [0.15, 0.2) is 0 Å². The second-order valence-corrected chi connectivity index (χ2v) is 9.17. The molecule has 0 aromatic heterocycles. The first-order valence-electron chi connectivity index (χ1n) is 9.18. The molecule has 0 saturated heterocycles. The molecule has 5 nitrogen and oxygen atoms in total. The normalized spacial score (nSPS) is 14.2. The van der Waals surface area contributed by atoms with E-state index in [2.05, 4.69) is 4.72 Å². The van der Waals surface area contributed by atoms with E-state index in [9.17, 15) is 13.2 Å². The van der Waals surface area contributed by atoms with Gasteiger partial charge in [0.25, 0.3) is 10.0 Å². The third-order valence-electron chi connectivity index (χ3n) is 4.91. The van der Waals surface area contributed by atoms with E-state index in [0.717, 1.165) is 23.1 Å². The summed E-state index contributed by atoms with van der Waals surface area (Å²) in [6.45, 7) is 8.68. The van der Waals surface area contributed by atoms with Crippen LogP contribution in [-0.2, 0) is 27.8 Å². The van der Waals surface area contributed by atoms with Gasteiger partial charge in [-0.1, -0.05) is 32.0 Å². The van der Waals surface area contributed by atoms with Gasteiger partial charge in [0.1, 0.15) is 0 Å². The number of nitrogens with one attached hydrogen (secondary N) is 1. The lowest BCUT2D eigenvalue weighted by molar-refractivity contribution is -0.135. The molecule has 0 radical (unpaired) electrons. The van der Waals surface area contributed by atoms with Crippen LogP contribution in [0.4, 0.5) is 5.69 Å². The van der Waals surface area contributed by atoms with Gasteiger partial charge >= 0.3 is 0 Å². The third kappa shape index (κ3) is 4.16. The fourth-order valence-electron chi connectivity index (χ4n) is 3.38. The van der Waals surface area contributed by atoms with Crippen LogP contribution in [0.25, 0.3) is 0 Å². The standard InChI is InChI=1S/C21H26N2O3S/c1-14(2)21(24)23-10-9-17-7-8-19(12-18(17)13-23)22-27(25,26)20-11-15(3)5-6-16(20)4/h5-8,11-12,14,22H,9-10,13H2,1-4H3. The number of rotatable bonds is 4. The molecule has 2 aromatic carbocycles. The molecule has 1 aliphatic rings. The van der Waals surface area contributed by atoms with E-state index in [-0.39, 0.29) is 16.7 Å². The predicted octanol–water partition coefficient (Wildman–Crippen LogP) is 3.64. The van der Waals surface area contributed by atoms with Crippen LogP contribution < -0.4 is 4.72 Å². The van der Waals surface area contributed by atoms with Crippen molar-refractivity contribution in [2.24, 2.45) is 5.92 Å². The van der Waals surface area contributed by atoms with Crippen LogP contribution in [0.15, 0.2) is 41.3 Å². The minimum absolute atomic E-state index is 0.0440. The monoisotopic (exact) mass is 386 g/mol. The minimum Gasteiger partial charge on any atom is -0.338 e. The number of hydrogen-bond acceptors (Lipinski definition) is 3. The summed E-state index contributed by atoms with van der Waals surface area (Å²) in [5.41, 5.74) is 4.29. The lowest BCUT2D eigenvalue weighted by atomic mass is 9.98. The van der Waals surface area contributed by atoms with Gasteiger partial charge < -0.3 is 4.90 Å². The molecule has 1 amide bonds. The Morgan fingerprint density at radius 2 is 1.81 bits per heavy atom.